The molecule has 1 aromatic rings. The lowest BCUT2D eigenvalue weighted by Crippen LogP contribution is -2.22. The lowest BCUT2D eigenvalue weighted by Gasteiger charge is -2.11. The molecule has 0 aliphatic heterocycles. The van der Waals surface area contributed by atoms with Crippen molar-refractivity contribution in [1.29, 1.82) is 0 Å². The van der Waals surface area contributed by atoms with Gasteiger partial charge in [0.25, 0.3) is 0 Å². The molecule has 2 nitrogen and oxygen atoms in total. The van der Waals surface area contributed by atoms with Gasteiger partial charge in [0.15, 0.2) is 0 Å². The van der Waals surface area contributed by atoms with Crippen molar-refractivity contribution < 1.29 is 18.0 Å². The minimum absolute atomic E-state index is 0.141. The van der Waals surface area contributed by atoms with Crippen LogP contribution in [0.25, 0.3) is 0 Å². The predicted molar refractivity (Wildman–Crippen MR) is 63.1 cm³/mol. The Morgan fingerprint density at radius 3 is 2.65 bits per heavy atom. The van der Waals surface area contributed by atoms with Crippen LogP contribution in [-0.2, 0) is 11.0 Å². The average Bonchev–Trinajstić information content (AvgIpc) is 2.27. The van der Waals surface area contributed by atoms with Gasteiger partial charge < -0.3 is 5.32 Å². The molecular formula is C11H11BrF3NO. The monoisotopic (exact) mass is 309 g/mol. The minimum atomic E-state index is -4.40. The van der Waals surface area contributed by atoms with Crippen molar-refractivity contribution in [1.82, 2.24) is 0 Å². The van der Waals surface area contributed by atoms with E-state index in [1.807, 2.05) is 0 Å². The van der Waals surface area contributed by atoms with Gasteiger partial charge in [-0.25, -0.2) is 0 Å². The number of rotatable bonds is 3. The molecule has 0 aliphatic carbocycles. The van der Waals surface area contributed by atoms with Crippen molar-refractivity contribution in [2.24, 2.45) is 0 Å². The predicted octanol–water partition coefficient (Wildman–Crippen LogP) is 3.82. The number of amides is 1. The average molecular weight is 310 g/mol. The van der Waals surface area contributed by atoms with Gasteiger partial charge >= 0.3 is 6.18 Å². The van der Waals surface area contributed by atoms with Gasteiger partial charge in [-0.05, 0) is 24.6 Å². The Morgan fingerprint density at radius 1 is 1.47 bits per heavy atom. The molecule has 1 rings (SSSR count). The van der Waals surface area contributed by atoms with E-state index < -0.39 is 16.6 Å². The molecule has 1 aromatic carbocycles. The molecule has 1 unspecified atom stereocenters. The van der Waals surface area contributed by atoms with E-state index in [4.69, 9.17) is 0 Å². The first-order chi connectivity index (χ1) is 7.84. The molecule has 0 heterocycles. The van der Waals surface area contributed by atoms with Crippen LogP contribution in [0.4, 0.5) is 18.9 Å². The fourth-order valence-electron chi connectivity index (χ4n) is 1.18. The maximum absolute atomic E-state index is 12.4. The third kappa shape index (κ3) is 4.03. The minimum Gasteiger partial charge on any atom is -0.325 e. The lowest BCUT2D eigenvalue weighted by atomic mass is 10.2. The SMILES string of the molecule is CCC(Br)C(=O)Nc1cccc(C(F)(F)F)c1. The molecule has 0 aromatic heterocycles. The lowest BCUT2D eigenvalue weighted by molar-refractivity contribution is -0.137. The summed E-state index contributed by atoms with van der Waals surface area (Å²) in [6.45, 7) is 1.80. The Morgan fingerprint density at radius 2 is 2.12 bits per heavy atom. The van der Waals surface area contributed by atoms with Gasteiger partial charge in [0.1, 0.15) is 0 Å². The second kappa shape index (κ2) is 5.53. The summed E-state index contributed by atoms with van der Waals surface area (Å²) in [7, 11) is 0. The number of nitrogens with one attached hydrogen (secondary N) is 1. The van der Waals surface area contributed by atoms with Gasteiger partial charge in [-0.1, -0.05) is 28.9 Å². The van der Waals surface area contributed by atoms with E-state index >= 15 is 0 Å². The zero-order valence-corrected chi connectivity index (χ0v) is 10.6. The van der Waals surface area contributed by atoms with Crippen LogP contribution in [0.2, 0.25) is 0 Å². The number of alkyl halides is 4. The normalized spacial score (nSPS) is 13.2. The highest BCUT2D eigenvalue weighted by Crippen LogP contribution is 2.30. The first-order valence-corrected chi connectivity index (χ1v) is 5.88. The van der Waals surface area contributed by atoms with Gasteiger partial charge in [0.05, 0.1) is 10.4 Å². The van der Waals surface area contributed by atoms with E-state index in [1.54, 1.807) is 6.92 Å². The van der Waals surface area contributed by atoms with Crippen molar-refractivity contribution in [3.8, 4) is 0 Å². The fraction of sp³-hybridized carbons (Fsp3) is 0.364. The zero-order chi connectivity index (χ0) is 13.1. The van der Waals surface area contributed by atoms with Crippen LogP contribution in [0, 0.1) is 0 Å². The summed E-state index contributed by atoms with van der Waals surface area (Å²) in [4.78, 5) is 11.1. The number of benzene rings is 1. The van der Waals surface area contributed by atoms with Crippen molar-refractivity contribution in [3.63, 3.8) is 0 Å². The zero-order valence-electron chi connectivity index (χ0n) is 9.01. The Bertz CT molecular complexity index is 406. The third-order valence-electron chi connectivity index (χ3n) is 2.10. The van der Waals surface area contributed by atoms with E-state index in [0.29, 0.717) is 6.42 Å². The topological polar surface area (TPSA) is 29.1 Å². The molecule has 0 bridgehead atoms. The number of carbonyl (C=O) groups excluding carboxylic acids is 1. The van der Waals surface area contributed by atoms with Crippen molar-refractivity contribution >= 4 is 27.5 Å². The maximum atomic E-state index is 12.4. The standard InChI is InChI=1S/C11H11BrF3NO/c1-2-9(12)10(17)16-8-5-3-4-7(6-8)11(13,14)15/h3-6,9H,2H2,1H3,(H,16,17). The number of hydrogen-bond acceptors (Lipinski definition) is 1. The molecule has 0 spiro atoms. The van der Waals surface area contributed by atoms with Crippen LogP contribution in [0.5, 0.6) is 0 Å². The summed E-state index contributed by atoms with van der Waals surface area (Å²) in [6, 6.07) is 4.55. The molecule has 1 atom stereocenters. The second-order valence-corrected chi connectivity index (χ2v) is 4.55. The van der Waals surface area contributed by atoms with Gasteiger partial charge in [-0.3, -0.25) is 4.79 Å². The smallest absolute Gasteiger partial charge is 0.325 e. The third-order valence-corrected chi connectivity index (χ3v) is 3.16. The van der Waals surface area contributed by atoms with Crippen molar-refractivity contribution in [2.75, 3.05) is 5.32 Å². The van der Waals surface area contributed by atoms with E-state index in [-0.39, 0.29) is 11.6 Å². The van der Waals surface area contributed by atoms with Crippen LogP contribution in [0.3, 0.4) is 0 Å². The van der Waals surface area contributed by atoms with Gasteiger partial charge in [0.2, 0.25) is 5.91 Å². The highest BCUT2D eigenvalue weighted by molar-refractivity contribution is 9.10. The highest BCUT2D eigenvalue weighted by Gasteiger charge is 2.30. The molecule has 0 saturated heterocycles. The number of hydrogen-bond donors (Lipinski definition) is 1. The van der Waals surface area contributed by atoms with Crippen LogP contribution in [-0.4, -0.2) is 10.7 Å². The van der Waals surface area contributed by atoms with Crippen LogP contribution in [0.1, 0.15) is 18.9 Å². The van der Waals surface area contributed by atoms with Gasteiger partial charge in [-0.2, -0.15) is 13.2 Å². The molecule has 0 fully saturated rings. The molecule has 6 heteroatoms. The van der Waals surface area contributed by atoms with Crippen molar-refractivity contribution in [3.05, 3.63) is 29.8 Å². The van der Waals surface area contributed by atoms with E-state index in [1.165, 1.54) is 12.1 Å². The van der Waals surface area contributed by atoms with Gasteiger partial charge in [0, 0.05) is 5.69 Å². The van der Waals surface area contributed by atoms with E-state index in [9.17, 15) is 18.0 Å². The molecular weight excluding hydrogens is 299 g/mol. The van der Waals surface area contributed by atoms with Crippen LogP contribution in [0.15, 0.2) is 24.3 Å². The Labute approximate surface area is 105 Å². The summed E-state index contributed by atoms with van der Waals surface area (Å²) < 4.78 is 37.2. The molecule has 0 aliphatic rings. The highest BCUT2D eigenvalue weighted by atomic mass is 79.9. The molecule has 1 N–H and O–H groups in total. The van der Waals surface area contributed by atoms with Crippen LogP contribution < -0.4 is 5.32 Å². The summed E-state index contributed by atoms with van der Waals surface area (Å²) >= 11 is 3.12. The molecule has 0 saturated carbocycles. The number of halogens is 4. The van der Waals surface area contributed by atoms with Crippen LogP contribution >= 0.6 is 15.9 Å². The fourth-order valence-corrected chi connectivity index (χ4v) is 1.29. The summed E-state index contributed by atoms with van der Waals surface area (Å²) in [5.41, 5.74) is -0.638. The van der Waals surface area contributed by atoms with Gasteiger partial charge in [-0.15, -0.1) is 0 Å². The Hall–Kier alpha value is -1.04. The van der Waals surface area contributed by atoms with E-state index in [2.05, 4.69) is 21.2 Å². The summed E-state index contributed by atoms with van der Waals surface area (Å²) in [5, 5.41) is 2.42. The van der Waals surface area contributed by atoms with Crippen molar-refractivity contribution in [2.45, 2.75) is 24.3 Å². The first kappa shape index (κ1) is 14.0. The largest absolute Gasteiger partial charge is 0.416 e. The quantitative estimate of drug-likeness (QED) is 0.845. The van der Waals surface area contributed by atoms with E-state index in [0.717, 1.165) is 12.1 Å². The molecule has 94 valence electrons. The molecule has 1 amide bonds. The maximum Gasteiger partial charge on any atom is 0.416 e. The molecule has 0 radical (unpaired) electrons. The number of carbonyl (C=O) groups is 1. The number of anilines is 1. The summed E-state index contributed by atoms with van der Waals surface area (Å²) in [5.74, 6) is -0.355. The Balaban J connectivity index is 2.83. The summed E-state index contributed by atoms with van der Waals surface area (Å²) in [6.07, 6.45) is -3.84. The Kier molecular flexibility index (Phi) is 4.56. The molecule has 17 heavy (non-hydrogen) atoms. The first-order valence-electron chi connectivity index (χ1n) is 4.96. The second-order valence-electron chi connectivity index (χ2n) is 3.44.